The number of hydrogen-bond acceptors (Lipinski definition) is 3. The lowest BCUT2D eigenvalue weighted by Crippen LogP contribution is -2.35. The van der Waals surface area contributed by atoms with Crippen LogP contribution in [0.5, 0.6) is 0 Å². The van der Waals surface area contributed by atoms with Crippen molar-refractivity contribution < 1.29 is 14.7 Å². The number of aliphatic carboxylic acids is 1. The molecule has 1 N–H and O–H groups in total. The fourth-order valence-corrected chi connectivity index (χ4v) is 4.18. The minimum absolute atomic E-state index is 0. The van der Waals surface area contributed by atoms with Gasteiger partial charge in [0.1, 0.15) is 0 Å². The van der Waals surface area contributed by atoms with Crippen LogP contribution < -0.4 is 0 Å². The Morgan fingerprint density at radius 1 is 1.38 bits per heavy atom. The van der Waals surface area contributed by atoms with Crippen molar-refractivity contribution in [2.45, 2.75) is 25.8 Å². The van der Waals surface area contributed by atoms with Gasteiger partial charge in [0, 0.05) is 39.3 Å². The van der Waals surface area contributed by atoms with E-state index in [4.69, 9.17) is 0 Å². The lowest BCUT2D eigenvalue weighted by Gasteiger charge is -2.23. The summed E-state index contributed by atoms with van der Waals surface area (Å²) in [6.07, 6.45) is 2.84. The Morgan fingerprint density at radius 2 is 2.12 bits per heavy atom. The fraction of sp³-hybridized carbons (Fsp3) is 0.556. The van der Waals surface area contributed by atoms with Gasteiger partial charge in [0.05, 0.1) is 5.41 Å². The van der Waals surface area contributed by atoms with Crippen molar-refractivity contribution in [1.29, 1.82) is 0 Å². The molecule has 1 aliphatic carbocycles. The highest BCUT2D eigenvalue weighted by Crippen LogP contribution is 2.49. The summed E-state index contributed by atoms with van der Waals surface area (Å²) in [7, 11) is 3.49. The van der Waals surface area contributed by atoms with Crippen LogP contribution in [-0.2, 0) is 11.3 Å². The molecule has 24 heavy (non-hydrogen) atoms. The van der Waals surface area contributed by atoms with Crippen LogP contribution in [0.1, 0.15) is 35.2 Å². The second-order valence-electron chi connectivity index (χ2n) is 7.12. The first kappa shape index (κ1) is 18.7. The van der Waals surface area contributed by atoms with Gasteiger partial charge in [-0.15, -0.1) is 12.4 Å². The topological polar surface area (TPSA) is 60.9 Å². The predicted octanol–water partition coefficient (Wildman–Crippen LogP) is 2.50. The standard InChI is InChI=1S/C18H24N2O3.ClH/c1-19(2)16(21)14-6-3-5-13(9-14)10-20-11-15-7-4-8-18(15,12-20)17(22)23;/h3,5-6,9,15H,4,7-8,10-12H2,1-2H3,(H,22,23);1H/t15-,18+;/m0./s1. The molecule has 2 atom stereocenters. The first-order valence-corrected chi connectivity index (χ1v) is 8.19. The molecule has 2 fully saturated rings. The quantitative estimate of drug-likeness (QED) is 0.904. The highest BCUT2D eigenvalue weighted by Gasteiger charge is 2.54. The van der Waals surface area contributed by atoms with Crippen LogP contribution in [0, 0.1) is 11.3 Å². The number of benzene rings is 1. The van der Waals surface area contributed by atoms with Crippen molar-refractivity contribution in [2.24, 2.45) is 11.3 Å². The minimum Gasteiger partial charge on any atom is -0.481 e. The van der Waals surface area contributed by atoms with Gasteiger partial charge in [-0.05, 0) is 36.5 Å². The van der Waals surface area contributed by atoms with E-state index in [-0.39, 0.29) is 24.2 Å². The largest absolute Gasteiger partial charge is 0.481 e. The summed E-state index contributed by atoms with van der Waals surface area (Å²) in [4.78, 5) is 27.6. The summed E-state index contributed by atoms with van der Waals surface area (Å²) in [5, 5.41) is 9.66. The zero-order valence-electron chi connectivity index (χ0n) is 14.2. The van der Waals surface area contributed by atoms with E-state index in [1.165, 1.54) is 0 Å². The lowest BCUT2D eigenvalue weighted by molar-refractivity contribution is -0.149. The predicted molar refractivity (Wildman–Crippen MR) is 94.4 cm³/mol. The molecule has 0 bridgehead atoms. The Bertz CT molecular complexity index is 634. The van der Waals surface area contributed by atoms with Crippen molar-refractivity contribution in [2.75, 3.05) is 27.2 Å². The second kappa shape index (κ2) is 7.11. The van der Waals surface area contributed by atoms with E-state index in [2.05, 4.69) is 4.90 Å². The molecule has 5 nitrogen and oxygen atoms in total. The number of carboxylic acid groups (broad SMARTS) is 1. The smallest absolute Gasteiger partial charge is 0.311 e. The molecule has 0 unspecified atom stereocenters. The van der Waals surface area contributed by atoms with E-state index in [1.54, 1.807) is 19.0 Å². The van der Waals surface area contributed by atoms with Crippen LogP contribution in [-0.4, -0.2) is 54.0 Å². The number of amides is 1. The van der Waals surface area contributed by atoms with Gasteiger partial charge in [-0.1, -0.05) is 18.6 Å². The molecule has 0 spiro atoms. The highest BCUT2D eigenvalue weighted by molar-refractivity contribution is 5.94. The van der Waals surface area contributed by atoms with E-state index in [1.807, 2.05) is 24.3 Å². The molecule has 1 heterocycles. The number of fused-ring (bicyclic) bond motifs is 1. The summed E-state index contributed by atoms with van der Waals surface area (Å²) >= 11 is 0. The second-order valence-corrected chi connectivity index (χ2v) is 7.12. The summed E-state index contributed by atoms with van der Waals surface area (Å²) in [5.74, 6) is -0.377. The minimum atomic E-state index is -0.640. The zero-order valence-corrected chi connectivity index (χ0v) is 15.0. The Kier molecular flexibility index (Phi) is 5.56. The molecule has 1 aromatic rings. The van der Waals surface area contributed by atoms with E-state index in [9.17, 15) is 14.7 Å². The molecule has 1 aliphatic heterocycles. The molecule has 1 amide bonds. The summed E-state index contributed by atoms with van der Waals surface area (Å²) in [6, 6.07) is 7.65. The van der Waals surface area contributed by atoms with Crippen LogP contribution in [0.25, 0.3) is 0 Å². The third-order valence-electron chi connectivity index (χ3n) is 5.35. The van der Waals surface area contributed by atoms with Gasteiger partial charge in [0.2, 0.25) is 0 Å². The molecule has 0 radical (unpaired) electrons. The van der Waals surface area contributed by atoms with Gasteiger partial charge < -0.3 is 10.0 Å². The van der Waals surface area contributed by atoms with Gasteiger partial charge >= 0.3 is 5.97 Å². The van der Waals surface area contributed by atoms with Crippen LogP contribution in [0.15, 0.2) is 24.3 Å². The molecule has 3 rings (SSSR count). The molecule has 1 aromatic carbocycles. The number of carboxylic acids is 1. The Hall–Kier alpha value is -1.59. The SMILES string of the molecule is CN(C)C(=O)c1cccc(CN2C[C@@H]3CCC[C@@]3(C(=O)O)C2)c1.Cl. The lowest BCUT2D eigenvalue weighted by atomic mass is 9.81. The average molecular weight is 353 g/mol. The zero-order chi connectivity index (χ0) is 16.6. The van der Waals surface area contributed by atoms with E-state index in [0.29, 0.717) is 18.7 Å². The molecule has 1 saturated carbocycles. The average Bonchev–Trinajstić information content (AvgIpc) is 3.04. The molecular formula is C18H25ClN2O3. The Balaban J connectivity index is 0.00000208. The maximum atomic E-state index is 12.1. The molecule has 2 aliphatic rings. The van der Waals surface area contributed by atoms with E-state index >= 15 is 0 Å². The van der Waals surface area contributed by atoms with Crippen LogP contribution in [0.2, 0.25) is 0 Å². The monoisotopic (exact) mass is 352 g/mol. The maximum absolute atomic E-state index is 12.1. The van der Waals surface area contributed by atoms with Gasteiger partial charge in [0.25, 0.3) is 5.91 Å². The first-order valence-electron chi connectivity index (χ1n) is 8.19. The number of carbonyl (C=O) groups excluding carboxylic acids is 1. The summed E-state index contributed by atoms with van der Waals surface area (Å²) < 4.78 is 0. The van der Waals surface area contributed by atoms with E-state index in [0.717, 1.165) is 31.4 Å². The first-order chi connectivity index (χ1) is 10.9. The van der Waals surface area contributed by atoms with Gasteiger partial charge in [-0.25, -0.2) is 0 Å². The number of carbonyl (C=O) groups is 2. The van der Waals surface area contributed by atoms with Gasteiger partial charge in [-0.2, -0.15) is 0 Å². The number of nitrogens with zero attached hydrogens (tertiary/aromatic N) is 2. The van der Waals surface area contributed by atoms with Crippen molar-refractivity contribution >= 4 is 24.3 Å². The molecule has 6 heteroatoms. The van der Waals surface area contributed by atoms with Crippen LogP contribution in [0.4, 0.5) is 0 Å². The van der Waals surface area contributed by atoms with Crippen molar-refractivity contribution in [3.63, 3.8) is 0 Å². The summed E-state index contributed by atoms with van der Waals surface area (Å²) in [5.41, 5.74) is 1.20. The maximum Gasteiger partial charge on any atom is 0.311 e. The normalized spacial score (nSPS) is 25.8. The Labute approximate surface area is 149 Å². The van der Waals surface area contributed by atoms with Crippen molar-refractivity contribution in [3.8, 4) is 0 Å². The Morgan fingerprint density at radius 3 is 2.75 bits per heavy atom. The molecule has 132 valence electrons. The molecular weight excluding hydrogens is 328 g/mol. The summed E-state index contributed by atoms with van der Waals surface area (Å²) in [6.45, 7) is 2.18. The number of rotatable bonds is 4. The highest BCUT2D eigenvalue weighted by atomic mass is 35.5. The van der Waals surface area contributed by atoms with E-state index < -0.39 is 11.4 Å². The van der Waals surface area contributed by atoms with Gasteiger partial charge in [-0.3, -0.25) is 14.5 Å². The van der Waals surface area contributed by atoms with Crippen molar-refractivity contribution in [3.05, 3.63) is 35.4 Å². The number of likely N-dealkylation sites (tertiary alicyclic amines) is 1. The van der Waals surface area contributed by atoms with Gasteiger partial charge in [0.15, 0.2) is 0 Å². The van der Waals surface area contributed by atoms with Crippen LogP contribution >= 0.6 is 12.4 Å². The fourth-order valence-electron chi connectivity index (χ4n) is 4.18. The molecule has 1 saturated heterocycles. The third kappa shape index (κ3) is 3.28. The third-order valence-corrected chi connectivity index (χ3v) is 5.35. The number of hydrogen-bond donors (Lipinski definition) is 1. The molecule has 0 aromatic heterocycles. The number of halogens is 1. The van der Waals surface area contributed by atoms with Crippen molar-refractivity contribution in [1.82, 2.24) is 9.80 Å². The van der Waals surface area contributed by atoms with Crippen LogP contribution in [0.3, 0.4) is 0 Å².